The van der Waals surface area contributed by atoms with Gasteiger partial charge in [-0.1, -0.05) is 12.1 Å². The fraction of sp³-hybridized carbons (Fsp3) is 0.105. The minimum absolute atomic E-state index is 0.310. The molecule has 0 saturated carbocycles. The Labute approximate surface area is 153 Å². The van der Waals surface area contributed by atoms with E-state index < -0.39 is 5.91 Å². The van der Waals surface area contributed by atoms with E-state index >= 15 is 0 Å². The zero-order valence-electron chi connectivity index (χ0n) is 13.8. The molecule has 1 N–H and O–H groups in total. The van der Waals surface area contributed by atoms with Crippen LogP contribution >= 0.6 is 11.8 Å². The maximum absolute atomic E-state index is 11.7. The molecule has 3 aromatic rings. The number of carbonyl (C=O) groups excluding carboxylic acids is 2. The molecule has 130 valence electrons. The highest BCUT2D eigenvalue weighted by Crippen LogP contribution is 2.33. The fourth-order valence-corrected chi connectivity index (χ4v) is 3.37. The number of furan rings is 1. The molecule has 1 aliphatic rings. The molecule has 26 heavy (non-hydrogen) atoms. The molecular weight excluding hydrogens is 352 g/mol. The van der Waals surface area contributed by atoms with Gasteiger partial charge in [-0.25, -0.2) is 0 Å². The summed E-state index contributed by atoms with van der Waals surface area (Å²) < 4.78 is 11.4. The van der Waals surface area contributed by atoms with Crippen LogP contribution in [0.25, 0.3) is 28.2 Å². The number of amides is 2. The standard InChI is InChI=1S/C19H14N2O4S/c1-2-24-13-5-3-11(4-6-13)15-10-20-9-12-7-14(25-17(12)15)8-16-18(22)21-19(23)26-16/h3-10H,2H2,1H3,(H,21,22,23). The smallest absolute Gasteiger partial charge is 0.290 e. The highest BCUT2D eigenvalue weighted by Gasteiger charge is 2.25. The second-order valence-electron chi connectivity index (χ2n) is 5.56. The van der Waals surface area contributed by atoms with Gasteiger partial charge in [0.25, 0.3) is 11.1 Å². The number of hydrogen-bond donors (Lipinski definition) is 1. The molecule has 0 radical (unpaired) electrons. The van der Waals surface area contributed by atoms with E-state index in [4.69, 9.17) is 9.15 Å². The van der Waals surface area contributed by atoms with Crippen LogP contribution in [-0.4, -0.2) is 22.7 Å². The van der Waals surface area contributed by atoms with E-state index in [-0.39, 0.29) is 5.24 Å². The molecule has 0 atom stereocenters. The Hall–Kier alpha value is -3.06. The van der Waals surface area contributed by atoms with E-state index in [0.29, 0.717) is 22.9 Å². The van der Waals surface area contributed by atoms with E-state index in [1.54, 1.807) is 24.5 Å². The number of thioether (sulfide) groups is 1. The van der Waals surface area contributed by atoms with Gasteiger partial charge in [0.2, 0.25) is 0 Å². The Balaban J connectivity index is 1.73. The van der Waals surface area contributed by atoms with Crippen molar-refractivity contribution >= 4 is 40.0 Å². The molecule has 2 amide bonds. The summed E-state index contributed by atoms with van der Waals surface area (Å²) in [5.74, 6) is 0.882. The molecule has 1 fully saturated rings. The molecule has 4 rings (SSSR count). The lowest BCUT2D eigenvalue weighted by atomic mass is 10.1. The Kier molecular flexibility index (Phi) is 4.22. The maximum Gasteiger partial charge on any atom is 0.290 e. The van der Waals surface area contributed by atoms with Gasteiger partial charge in [-0.15, -0.1) is 0 Å². The van der Waals surface area contributed by atoms with E-state index in [2.05, 4.69) is 10.3 Å². The zero-order chi connectivity index (χ0) is 18.1. The van der Waals surface area contributed by atoms with Crippen molar-refractivity contribution in [1.29, 1.82) is 0 Å². The van der Waals surface area contributed by atoms with Crippen molar-refractivity contribution in [3.05, 3.63) is 53.4 Å². The lowest BCUT2D eigenvalue weighted by Crippen LogP contribution is -2.17. The van der Waals surface area contributed by atoms with E-state index in [1.165, 1.54) is 0 Å². The van der Waals surface area contributed by atoms with Crippen LogP contribution in [0.4, 0.5) is 4.79 Å². The maximum atomic E-state index is 11.7. The summed E-state index contributed by atoms with van der Waals surface area (Å²) in [5, 5.41) is 2.66. The number of fused-ring (bicyclic) bond motifs is 1. The van der Waals surface area contributed by atoms with Gasteiger partial charge in [0.1, 0.15) is 17.1 Å². The number of benzene rings is 1. The lowest BCUT2D eigenvalue weighted by molar-refractivity contribution is -0.115. The van der Waals surface area contributed by atoms with Crippen LogP contribution in [0, 0.1) is 0 Å². The molecular formula is C19H14N2O4S. The number of nitrogens with one attached hydrogen (secondary N) is 1. The van der Waals surface area contributed by atoms with Crippen molar-refractivity contribution in [2.45, 2.75) is 6.92 Å². The zero-order valence-corrected chi connectivity index (χ0v) is 14.6. The second kappa shape index (κ2) is 6.68. The van der Waals surface area contributed by atoms with E-state index in [0.717, 1.165) is 34.0 Å². The number of rotatable bonds is 4. The summed E-state index contributed by atoms with van der Waals surface area (Å²) >= 11 is 0.857. The Morgan fingerprint density at radius 1 is 1.23 bits per heavy atom. The Morgan fingerprint density at radius 2 is 2.04 bits per heavy atom. The first-order valence-electron chi connectivity index (χ1n) is 7.99. The summed E-state index contributed by atoms with van der Waals surface area (Å²) in [6, 6.07) is 9.48. The van der Waals surface area contributed by atoms with Gasteiger partial charge in [-0.2, -0.15) is 0 Å². The molecule has 6 nitrogen and oxygen atoms in total. The SMILES string of the molecule is CCOc1ccc(-c2cncc3cc(C=C4SC(=O)NC4=O)oc23)cc1. The van der Waals surface area contributed by atoms with Crippen LogP contribution in [0.2, 0.25) is 0 Å². The molecule has 1 saturated heterocycles. The van der Waals surface area contributed by atoms with Crippen LogP contribution in [0.1, 0.15) is 12.7 Å². The van der Waals surface area contributed by atoms with Gasteiger partial charge in [-0.3, -0.25) is 19.9 Å². The lowest BCUT2D eigenvalue weighted by Gasteiger charge is -2.05. The molecule has 2 aromatic heterocycles. The van der Waals surface area contributed by atoms with Gasteiger partial charge in [-0.05, 0) is 42.4 Å². The van der Waals surface area contributed by atoms with Crippen molar-refractivity contribution < 1.29 is 18.7 Å². The molecule has 3 heterocycles. The quantitative estimate of drug-likeness (QED) is 0.696. The Morgan fingerprint density at radius 3 is 2.73 bits per heavy atom. The molecule has 7 heteroatoms. The highest BCUT2D eigenvalue weighted by atomic mass is 32.2. The third-order valence-electron chi connectivity index (χ3n) is 3.83. The number of carbonyl (C=O) groups is 2. The number of aromatic nitrogens is 1. The molecule has 1 aliphatic heterocycles. The number of ether oxygens (including phenoxy) is 1. The van der Waals surface area contributed by atoms with Gasteiger partial charge in [0.05, 0.1) is 11.5 Å². The van der Waals surface area contributed by atoms with Crippen LogP contribution in [0.5, 0.6) is 5.75 Å². The van der Waals surface area contributed by atoms with Crippen LogP contribution in [0.3, 0.4) is 0 Å². The van der Waals surface area contributed by atoms with Gasteiger partial charge in [0.15, 0.2) is 0 Å². The minimum Gasteiger partial charge on any atom is -0.494 e. The summed E-state index contributed by atoms with van der Waals surface area (Å²) in [7, 11) is 0. The Bertz CT molecular complexity index is 1040. The van der Waals surface area contributed by atoms with Crippen LogP contribution in [-0.2, 0) is 4.79 Å². The summed E-state index contributed by atoms with van der Waals surface area (Å²) in [5.41, 5.74) is 2.46. The number of nitrogens with zero attached hydrogens (tertiary/aromatic N) is 1. The van der Waals surface area contributed by atoms with Crippen molar-refractivity contribution in [2.75, 3.05) is 6.61 Å². The first-order chi connectivity index (χ1) is 12.6. The second-order valence-corrected chi connectivity index (χ2v) is 6.58. The number of hydrogen-bond acceptors (Lipinski definition) is 6. The van der Waals surface area contributed by atoms with E-state index in [9.17, 15) is 9.59 Å². The molecule has 1 aromatic carbocycles. The predicted molar refractivity (Wildman–Crippen MR) is 99.7 cm³/mol. The largest absolute Gasteiger partial charge is 0.494 e. The third-order valence-corrected chi connectivity index (χ3v) is 4.64. The predicted octanol–water partition coefficient (Wildman–Crippen LogP) is 4.22. The van der Waals surface area contributed by atoms with Crippen molar-refractivity contribution in [2.24, 2.45) is 0 Å². The minimum atomic E-state index is -0.412. The van der Waals surface area contributed by atoms with Crippen molar-refractivity contribution in [1.82, 2.24) is 10.3 Å². The topological polar surface area (TPSA) is 81.4 Å². The molecule has 0 spiro atoms. The van der Waals surface area contributed by atoms with Crippen molar-refractivity contribution in [3.8, 4) is 16.9 Å². The third kappa shape index (κ3) is 3.09. The van der Waals surface area contributed by atoms with Crippen LogP contribution < -0.4 is 10.1 Å². The van der Waals surface area contributed by atoms with Gasteiger partial charge < -0.3 is 9.15 Å². The summed E-state index contributed by atoms with van der Waals surface area (Å²) in [6.07, 6.45) is 5.00. The molecule has 0 unspecified atom stereocenters. The summed E-state index contributed by atoms with van der Waals surface area (Å²) in [6.45, 7) is 2.55. The first-order valence-corrected chi connectivity index (χ1v) is 8.81. The average molecular weight is 366 g/mol. The summed E-state index contributed by atoms with van der Waals surface area (Å²) in [4.78, 5) is 27.5. The normalized spacial score (nSPS) is 15.7. The van der Waals surface area contributed by atoms with Gasteiger partial charge in [0, 0.05) is 29.4 Å². The van der Waals surface area contributed by atoms with Crippen LogP contribution in [0.15, 0.2) is 52.0 Å². The van der Waals surface area contributed by atoms with E-state index in [1.807, 2.05) is 31.2 Å². The monoisotopic (exact) mass is 366 g/mol. The average Bonchev–Trinajstić information content (AvgIpc) is 3.18. The van der Waals surface area contributed by atoms with Gasteiger partial charge >= 0.3 is 0 Å². The number of imide groups is 1. The van der Waals surface area contributed by atoms with Crippen molar-refractivity contribution in [3.63, 3.8) is 0 Å². The molecule has 0 aliphatic carbocycles. The highest BCUT2D eigenvalue weighted by molar-refractivity contribution is 8.18. The fourth-order valence-electron chi connectivity index (χ4n) is 2.71. The molecule has 0 bridgehead atoms. The first kappa shape index (κ1) is 16.4. The number of pyridine rings is 1.